The van der Waals surface area contributed by atoms with Crippen LogP contribution in [-0.4, -0.2) is 30.4 Å². The lowest BCUT2D eigenvalue weighted by atomic mass is 9.96. The Balaban J connectivity index is 2.84. The molecule has 11 heavy (non-hydrogen) atoms. The number of hydrogen-bond donors (Lipinski definition) is 1. The molecule has 0 bridgehead atoms. The summed E-state index contributed by atoms with van der Waals surface area (Å²) >= 11 is 0. The largest absolute Gasteiger partial charge is 0.340 e. The second-order valence-corrected chi connectivity index (χ2v) is 3.25. The third kappa shape index (κ3) is 1.80. The molecule has 1 heterocycles. The van der Waals surface area contributed by atoms with E-state index in [9.17, 15) is 0 Å². The van der Waals surface area contributed by atoms with Gasteiger partial charge in [0.05, 0.1) is 0 Å². The highest BCUT2D eigenvalue weighted by atomic mass is 15.2. The molecule has 0 aliphatic carbocycles. The molecular weight excluding hydrogens is 138 g/mol. The zero-order valence-electron chi connectivity index (χ0n) is 7.33. The molecule has 62 valence electrons. The molecule has 1 atom stereocenters. The maximum Gasteiger partial charge on any atom is 0.104 e. The minimum atomic E-state index is -0.221. The first-order valence-corrected chi connectivity index (χ1v) is 3.72. The van der Waals surface area contributed by atoms with Crippen LogP contribution in [0.4, 0.5) is 0 Å². The van der Waals surface area contributed by atoms with Gasteiger partial charge in [-0.15, -0.1) is 0 Å². The highest BCUT2D eigenvalue weighted by Gasteiger charge is 2.23. The molecule has 0 amide bonds. The van der Waals surface area contributed by atoms with Gasteiger partial charge in [-0.2, -0.15) is 0 Å². The Morgan fingerprint density at radius 2 is 2.36 bits per heavy atom. The van der Waals surface area contributed by atoms with E-state index in [0.29, 0.717) is 0 Å². The van der Waals surface area contributed by atoms with E-state index in [-0.39, 0.29) is 5.54 Å². The van der Waals surface area contributed by atoms with Gasteiger partial charge in [-0.3, -0.25) is 4.99 Å². The molecule has 3 heteroatoms. The molecule has 3 nitrogen and oxygen atoms in total. The summed E-state index contributed by atoms with van der Waals surface area (Å²) in [5, 5.41) is 0. The monoisotopic (exact) mass is 153 g/mol. The van der Waals surface area contributed by atoms with E-state index in [0.717, 1.165) is 12.3 Å². The summed E-state index contributed by atoms with van der Waals surface area (Å²) in [5.74, 6) is 1.04. The molecule has 1 aliphatic heterocycles. The van der Waals surface area contributed by atoms with Crippen LogP contribution in [0.25, 0.3) is 0 Å². The first kappa shape index (κ1) is 8.27. The number of nitrogens with zero attached hydrogens (tertiary/aromatic N) is 2. The maximum absolute atomic E-state index is 5.91. The van der Waals surface area contributed by atoms with Crippen LogP contribution in [0.3, 0.4) is 0 Å². The molecule has 0 aromatic carbocycles. The van der Waals surface area contributed by atoms with Gasteiger partial charge in [-0.25, -0.2) is 0 Å². The first-order valence-electron chi connectivity index (χ1n) is 3.72. The van der Waals surface area contributed by atoms with Crippen molar-refractivity contribution in [1.29, 1.82) is 0 Å². The lowest BCUT2D eigenvalue weighted by Gasteiger charge is -2.30. The number of amidine groups is 1. The Bertz CT molecular complexity index is 203. The van der Waals surface area contributed by atoms with E-state index in [2.05, 4.69) is 4.99 Å². The molecule has 0 fully saturated rings. The number of aliphatic imine (C=N–C) groups is 1. The third-order valence-corrected chi connectivity index (χ3v) is 1.88. The van der Waals surface area contributed by atoms with Crippen LogP contribution in [-0.2, 0) is 0 Å². The Hall–Kier alpha value is -0.830. The van der Waals surface area contributed by atoms with E-state index in [1.54, 1.807) is 7.05 Å². The summed E-state index contributed by atoms with van der Waals surface area (Å²) in [6.45, 7) is 2.00. The smallest absolute Gasteiger partial charge is 0.104 e. The topological polar surface area (TPSA) is 41.6 Å². The Morgan fingerprint density at radius 3 is 2.82 bits per heavy atom. The van der Waals surface area contributed by atoms with Crippen LogP contribution in [0.2, 0.25) is 0 Å². The molecule has 0 aromatic rings. The van der Waals surface area contributed by atoms with Gasteiger partial charge in [-0.1, -0.05) is 0 Å². The maximum atomic E-state index is 5.91. The molecule has 1 unspecified atom stereocenters. The predicted octanol–water partition coefficient (Wildman–Crippen LogP) is 0.581. The molecular formula is C8H15N3. The summed E-state index contributed by atoms with van der Waals surface area (Å²) in [4.78, 5) is 6.13. The standard InChI is InChI=1S/C8H15N3/c1-8(9)4-5-11(3)7(6-8)10-2/h4-5H,6,9H2,1-3H3/b10-7+. The van der Waals surface area contributed by atoms with Crippen molar-refractivity contribution in [2.75, 3.05) is 14.1 Å². The van der Waals surface area contributed by atoms with E-state index in [1.807, 2.05) is 31.1 Å². The lowest BCUT2D eigenvalue weighted by Crippen LogP contribution is -2.43. The normalized spacial score (nSPS) is 34.9. The fraction of sp³-hybridized carbons (Fsp3) is 0.625. The van der Waals surface area contributed by atoms with Crippen molar-refractivity contribution in [3.63, 3.8) is 0 Å². The van der Waals surface area contributed by atoms with Crippen molar-refractivity contribution in [3.05, 3.63) is 12.3 Å². The average molecular weight is 153 g/mol. The van der Waals surface area contributed by atoms with E-state index in [1.165, 1.54) is 0 Å². The average Bonchev–Trinajstić information content (AvgIpc) is 1.94. The highest BCUT2D eigenvalue weighted by Crippen LogP contribution is 2.15. The molecule has 0 aromatic heterocycles. The van der Waals surface area contributed by atoms with Gasteiger partial charge in [-0.05, 0) is 13.0 Å². The molecule has 1 rings (SSSR count). The van der Waals surface area contributed by atoms with E-state index in [4.69, 9.17) is 5.73 Å². The molecule has 0 saturated carbocycles. The van der Waals surface area contributed by atoms with Crippen LogP contribution in [0.15, 0.2) is 17.3 Å². The molecule has 0 saturated heterocycles. The summed E-state index contributed by atoms with van der Waals surface area (Å²) < 4.78 is 0. The Morgan fingerprint density at radius 1 is 1.73 bits per heavy atom. The van der Waals surface area contributed by atoms with Crippen LogP contribution in [0.5, 0.6) is 0 Å². The third-order valence-electron chi connectivity index (χ3n) is 1.88. The van der Waals surface area contributed by atoms with Gasteiger partial charge in [0.1, 0.15) is 5.84 Å². The molecule has 0 spiro atoms. The lowest BCUT2D eigenvalue weighted by molar-refractivity contribution is 0.522. The first-order chi connectivity index (χ1) is 5.05. The van der Waals surface area contributed by atoms with Crippen LogP contribution in [0.1, 0.15) is 13.3 Å². The zero-order chi connectivity index (χ0) is 8.48. The quantitative estimate of drug-likeness (QED) is 0.553. The minimum absolute atomic E-state index is 0.221. The van der Waals surface area contributed by atoms with Gasteiger partial charge in [0, 0.05) is 32.3 Å². The summed E-state index contributed by atoms with van der Waals surface area (Å²) in [6.07, 6.45) is 4.78. The van der Waals surface area contributed by atoms with Crippen LogP contribution >= 0.6 is 0 Å². The van der Waals surface area contributed by atoms with E-state index < -0.39 is 0 Å². The fourth-order valence-corrected chi connectivity index (χ4v) is 1.13. The van der Waals surface area contributed by atoms with Crippen molar-refractivity contribution < 1.29 is 0 Å². The molecule has 2 N–H and O–H groups in total. The van der Waals surface area contributed by atoms with Crippen molar-refractivity contribution in [2.45, 2.75) is 18.9 Å². The summed E-state index contributed by atoms with van der Waals surface area (Å²) in [6, 6.07) is 0. The van der Waals surface area contributed by atoms with Crippen LogP contribution < -0.4 is 5.73 Å². The van der Waals surface area contributed by atoms with Gasteiger partial charge in [0.15, 0.2) is 0 Å². The van der Waals surface area contributed by atoms with Crippen molar-refractivity contribution in [3.8, 4) is 0 Å². The highest BCUT2D eigenvalue weighted by molar-refractivity contribution is 5.85. The Kier molecular flexibility index (Phi) is 2.00. The van der Waals surface area contributed by atoms with E-state index >= 15 is 0 Å². The van der Waals surface area contributed by atoms with Gasteiger partial charge >= 0.3 is 0 Å². The Labute approximate surface area is 67.6 Å². The van der Waals surface area contributed by atoms with Crippen LogP contribution in [0, 0.1) is 0 Å². The second kappa shape index (κ2) is 2.66. The predicted molar refractivity (Wildman–Crippen MR) is 47.5 cm³/mol. The summed E-state index contributed by atoms with van der Waals surface area (Å²) in [7, 11) is 3.77. The number of nitrogens with two attached hydrogens (primary N) is 1. The summed E-state index contributed by atoms with van der Waals surface area (Å²) in [5.41, 5.74) is 5.69. The van der Waals surface area contributed by atoms with Crippen molar-refractivity contribution in [1.82, 2.24) is 4.90 Å². The minimum Gasteiger partial charge on any atom is -0.340 e. The van der Waals surface area contributed by atoms with Gasteiger partial charge in [0.2, 0.25) is 0 Å². The van der Waals surface area contributed by atoms with Gasteiger partial charge < -0.3 is 10.6 Å². The molecule has 1 aliphatic rings. The SMILES string of the molecule is C/N=C1\CC(C)(N)C=CN1C. The molecule has 0 radical (unpaired) electrons. The number of hydrogen-bond acceptors (Lipinski definition) is 2. The van der Waals surface area contributed by atoms with Gasteiger partial charge in [0.25, 0.3) is 0 Å². The van der Waals surface area contributed by atoms with Crippen molar-refractivity contribution >= 4 is 5.84 Å². The fourth-order valence-electron chi connectivity index (χ4n) is 1.13. The number of rotatable bonds is 0. The zero-order valence-corrected chi connectivity index (χ0v) is 7.33. The van der Waals surface area contributed by atoms with Crippen molar-refractivity contribution in [2.24, 2.45) is 10.7 Å². The second-order valence-electron chi connectivity index (χ2n) is 3.25.